The topological polar surface area (TPSA) is 25.8 Å². The van der Waals surface area contributed by atoms with Crippen molar-refractivity contribution in [1.29, 1.82) is 0 Å². The maximum Gasteiger partial charge on any atom is 0.159 e. The van der Waals surface area contributed by atoms with Crippen LogP contribution in [0.2, 0.25) is 0 Å². The number of benzene rings is 2. The molecule has 2 heteroatoms. The van der Waals surface area contributed by atoms with Crippen molar-refractivity contribution in [3.8, 4) is 22.5 Å². The summed E-state index contributed by atoms with van der Waals surface area (Å²) in [4.78, 5) is 9.23. The lowest BCUT2D eigenvalue weighted by molar-refractivity contribution is 0.607. The Morgan fingerprint density at radius 3 is 1.58 bits per heavy atom. The van der Waals surface area contributed by atoms with Gasteiger partial charge < -0.3 is 0 Å². The highest BCUT2D eigenvalue weighted by atomic mass is 14.9. The van der Waals surface area contributed by atoms with Crippen LogP contribution in [-0.2, 0) is 12.8 Å². The van der Waals surface area contributed by atoms with E-state index in [1.165, 1.54) is 86.5 Å². The first-order valence-corrected chi connectivity index (χ1v) is 12.3. The van der Waals surface area contributed by atoms with Crippen molar-refractivity contribution in [2.24, 2.45) is 0 Å². The Bertz CT molecular complexity index is 864. The van der Waals surface area contributed by atoms with E-state index < -0.39 is 0 Å². The summed E-state index contributed by atoms with van der Waals surface area (Å²) >= 11 is 0. The molecule has 0 saturated heterocycles. The van der Waals surface area contributed by atoms with Gasteiger partial charge in [-0.2, -0.15) is 0 Å². The molecule has 0 aliphatic rings. The molecule has 0 aliphatic heterocycles. The fourth-order valence-corrected chi connectivity index (χ4v) is 4.00. The van der Waals surface area contributed by atoms with Crippen LogP contribution in [0, 0.1) is 0 Å². The Labute approximate surface area is 189 Å². The molecule has 1 heterocycles. The Balaban J connectivity index is 1.52. The molecule has 31 heavy (non-hydrogen) atoms. The van der Waals surface area contributed by atoms with Crippen LogP contribution in [0.5, 0.6) is 0 Å². The van der Waals surface area contributed by atoms with Crippen molar-refractivity contribution in [3.63, 3.8) is 0 Å². The minimum Gasteiger partial charge on any atom is -0.236 e. The molecule has 0 aliphatic carbocycles. The molecule has 0 N–H and O–H groups in total. The van der Waals surface area contributed by atoms with Gasteiger partial charge in [-0.1, -0.05) is 107 Å². The molecule has 0 fully saturated rings. The molecular formula is C29H38N2. The minimum atomic E-state index is 0.810. The lowest BCUT2D eigenvalue weighted by Crippen LogP contribution is -1.93. The van der Waals surface area contributed by atoms with E-state index in [1.54, 1.807) is 0 Å². The van der Waals surface area contributed by atoms with Gasteiger partial charge in [-0.15, -0.1) is 0 Å². The zero-order valence-corrected chi connectivity index (χ0v) is 19.4. The maximum atomic E-state index is 4.62. The maximum absolute atomic E-state index is 4.62. The summed E-state index contributed by atoms with van der Waals surface area (Å²) in [7, 11) is 0. The number of nitrogens with zero attached hydrogens (tertiary/aromatic N) is 2. The van der Waals surface area contributed by atoms with Crippen LogP contribution >= 0.6 is 0 Å². The molecule has 3 rings (SSSR count). The molecule has 164 valence electrons. The second-order valence-corrected chi connectivity index (χ2v) is 8.66. The number of rotatable bonds is 13. The minimum absolute atomic E-state index is 0.810. The van der Waals surface area contributed by atoms with Crippen LogP contribution in [-0.4, -0.2) is 9.97 Å². The van der Waals surface area contributed by atoms with E-state index in [9.17, 15) is 0 Å². The molecule has 0 radical (unpaired) electrons. The number of unbranched alkanes of at least 4 members (excludes halogenated alkanes) is 7. The van der Waals surface area contributed by atoms with E-state index in [0.29, 0.717) is 0 Å². The molecule has 2 nitrogen and oxygen atoms in total. The zero-order chi connectivity index (χ0) is 21.7. The molecule has 0 amide bonds. The van der Waals surface area contributed by atoms with Crippen LogP contribution in [0.1, 0.15) is 82.8 Å². The van der Waals surface area contributed by atoms with Crippen LogP contribution < -0.4 is 0 Å². The summed E-state index contributed by atoms with van der Waals surface area (Å²) in [6.07, 6.45) is 18.1. The first kappa shape index (κ1) is 23.2. The largest absolute Gasteiger partial charge is 0.236 e. The van der Waals surface area contributed by atoms with E-state index in [4.69, 9.17) is 0 Å². The summed E-state index contributed by atoms with van der Waals surface area (Å²) in [5.41, 5.74) is 6.26. The zero-order valence-electron chi connectivity index (χ0n) is 19.4. The summed E-state index contributed by atoms with van der Waals surface area (Å²) in [6.45, 7) is 4.52. The standard InChI is InChI=1S/C29H38N2/c1-3-5-7-8-9-11-13-25-22-30-29(31-23-25)28-20-18-27(19-21-28)26-16-14-24(15-17-26)12-10-6-4-2/h14-23H,3-13H2,1-2H3. The van der Waals surface area contributed by atoms with Gasteiger partial charge in [-0.05, 0) is 47.9 Å². The Hall–Kier alpha value is -2.48. The van der Waals surface area contributed by atoms with Gasteiger partial charge in [-0.25, -0.2) is 9.97 Å². The van der Waals surface area contributed by atoms with E-state index in [1.807, 2.05) is 12.4 Å². The second-order valence-electron chi connectivity index (χ2n) is 8.66. The molecule has 0 bridgehead atoms. The molecular weight excluding hydrogens is 376 g/mol. The van der Waals surface area contributed by atoms with Crippen LogP contribution in [0.25, 0.3) is 22.5 Å². The summed E-state index contributed by atoms with van der Waals surface area (Å²) in [5, 5.41) is 0. The normalized spacial score (nSPS) is 11.0. The molecule has 0 atom stereocenters. The van der Waals surface area contributed by atoms with Crippen molar-refractivity contribution in [3.05, 3.63) is 72.1 Å². The molecule has 3 aromatic rings. The van der Waals surface area contributed by atoms with Crippen molar-refractivity contribution in [2.45, 2.75) is 84.5 Å². The van der Waals surface area contributed by atoms with Gasteiger partial charge in [0.25, 0.3) is 0 Å². The third kappa shape index (κ3) is 7.61. The average Bonchev–Trinajstić information content (AvgIpc) is 2.82. The number of hydrogen-bond donors (Lipinski definition) is 0. The van der Waals surface area contributed by atoms with Gasteiger partial charge in [0.15, 0.2) is 5.82 Å². The summed E-state index contributed by atoms with van der Waals surface area (Å²) < 4.78 is 0. The fraction of sp³-hybridized carbons (Fsp3) is 0.448. The highest BCUT2D eigenvalue weighted by Gasteiger charge is 2.04. The van der Waals surface area contributed by atoms with Gasteiger partial charge in [0.05, 0.1) is 0 Å². The fourth-order valence-electron chi connectivity index (χ4n) is 4.00. The first-order chi connectivity index (χ1) is 15.3. The van der Waals surface area contributed by atoms with Crippen LogP contribution in [0.4, 0.5) is 0 Å². The van der Waals surface area contributed by atoms with Crippen LogP contribution in [0.3, 0.4) is 0 Å². The van der Waals surface area contributed by atoms with Crippen molar-refractivity contribution in [2.75, 3.05) is 0 Å². The number of aromatic nitrogens is 2. The average molecular weight is 415 g/mol. The lowest BCUT2D eigenvalue weighted by atomic mass is 10.0. The van der Waals surface area contributed by atoms with Gasteiger partial charge in [0, 0.05) is 18.0 Å². The van der Waals surface area contributed by atoms with Crippen molar-refractivity contribution < 1.29 is 0 Å². The quantitative estimate of drug-likeness (QED) is 0.262. The van der Waals surface area contributed by atoms with E-state index in [0.717, 1.165) is 17.8 Å². The molecule has 0 spiro atoms. The predicted molar refractivity (Wildman–Crippen MR) is 133 cm³/mol. The number of aryl methyl sites for hydroxylation is 2. The predicted octanol–water partition coefficient (Wildman–Crippen LogP) is 8.45. The van der Waals surface area contributed by atoms with E-state index in [2.05, 4.69) is 72.3 Å². The highest BCUT2D eigenvalue weighted by molar-refractivity contribution is 5.67. The van der Waals surface area contributed by atoms with E-state index in [-0.39, 0.29) is 0 Å². The van der Waals surface area contributed by atoms with Crippen LogP contribution in [0.15, 0.2) is 60.9 Å². The first-order valence-electron chi connectivity index (χ1n) is 12.3. The molecule has 1 aromatic heterocycles. The SMILES string of the molecule is CCCCCCCCc1cnc(-c2ccc(-c3ccc(CCCCC)cc3)cc2)nc1. The van der Waals surface area contributed by atoms with Gasteiger partial charge >= 0.3 is 0 Å². The van der Waals surface area contributed by atoms with Gasteiger partial charge in [-0.3, -0.25) is 0 Å². The molecule has 0 saturated carbocycles. The van der Waals surface area contributed by atoms with Gasteiger partial charge in [0.1, 0.15) is 0 Å². The van der Waals surface area contributed by atoms with E-state index >= 15 is 0 Å². The van der Waals surface area contributed by atoms with Crippen molar-refractivity contribution >= 4 is 0 Å². The second kappa shape index (κ2) is 13.0. The van der Waals surface area contributed by atoms with Gasteiger partial charge in [0.2, 0.25) is 0 Å². The third-order valence-corrected chi connectivity index (χ3v) is 6.02. The monoisotopic (exact) mass is 414 g/mol. The smallest absolute Gasteiger partial charge is 0.159 e. The lowest BCUT2D eigenvalue weighted by Gasteiger charge is -2.07. The Kier molecular flexibility index (Phi) is 9.76. The van der Waals surface area contributed by atoms with Crippen molar-refractivity contribution in [1.82, 2.24) is 9.97 Å². The summed E-state index contributed by atoms with van der Waals surface area (Å²) in [6, 6.07) is 17.6. The molecule has 0 unspecified atom stereocenters. The Morgan fingerprint density at radius 2 is 0.935 bits per heavy atom. The highest BCUT2D eigenvalue weighted by Crippen LogP contribution is 2.24. The third-order valence-electron chi connectivity index (χ3n) is 6.02. The summed E-state index contributed by atoms with van der Waals surface area (Å²) in [5.74, 6) is 0.810. The molecule has 2 aromatic carbocycles. The number of hydrogen-bond acceptors (Lipinski definition) is 2. The Morgan fingerprint density at radius 1 is 0.484 bits per heavy atom.